The fourth-order valence-electron chi connectivity index (χ4n) is 2.97. The van der Waals surface area contributed by atoms with Crippen LogP contribution in [0.1, 0.15) is 0 Å². The SMILES string of the molecule is C=CCn1c(SCC(=O)Nc2ccc(OC)cc2)nnc1-c1cc2ccccc2o1. The van der Waals surface area contributed by atoms with E-state index in [4.69, 9.17) is 9.15 Å². The first kappa shape index (κ1) is 19.8. The molecular weight excluding hydrogens is 400 g/mol. The summed E-state index contributed by atoms with van der Waals surface area (Å²) in [5, 5.41) is 13.0. The van der Waals surface area contributed by atoms with Crippen LogP contribution in [0.5, 0.6) is 5.75 Å². The quantitative estimate of drug-likeness (QED) is 0.331. The second-order valence-corrected chi connectivity index (χ2v) is 7.36. The smallest absolute Gasteiger partial charge is 0.234 e. The van der Waals surface area contributed by atoms with Gasteiger partial charge in [0.1, 0.15) is 11.3 Å². The molecule has 0 bridgehead atoms. The van der Waals surface area contributed by atoms with E-state index < -0.39 is 0 Å². The van der Waals surface area contributed by atoms with E-state index in [1.165, 1.54) is 11.8 Å². The van der Waals surface area contributed by atoms with Crippen LogP contribution in [-0.2, 0) is 11.3 Å². The Kier molecular flexibility index (Phi) is 5.85. The topological polar surface area (TPSA) is 82.2 Å². The summed E-state index contributed by atoms with van der Waals surface area (Å²) >= 11 is 1.31. The van der Waals surface area contributed by atoms with Crippen molar-refractivity contribution in [2.75, 3.05) is 18.2 Å². The molecule has 8 heteroatoms. The molecule has 0 aliphatic heterocycles. The lowest BCUT2D eigenvalue weighted by Crippen LogP contribution is -2.14. The molecule has 2 heterocycles. The van der Waals surface area contributed by atoms with Gasteiger partial charge in [-0.15, -0.1) is 16.8 Å². The van der Waals surface area contributed by atoms with Crippen molar-refractivity contribution in [3.05, 3.63) is 67.3 Å². The normalized spacial score (nSPS) is 10.8. The van der Waals surface area contributed by atoms with E-state index in [9.17, 15) is 4.79 Å². The van der Waals surface area contributed by atoms with Crippen molar-refractivity contribution in [1.29, 1.82) is 0 Å². The molecule has 30 heavy (non-hydrogen) atoms. The summed E-state index contributed by atoms with van der Waals surface area (Å²) in [6.45, 7) is 4.32. The van der Waals surface area contributed by atoms with Crippen LogP contribution in [0.4, 0.5) is 5.69 Å². The number of thioether (sulfide) groups is 1. The highest BCUT2D eigenvalue weighted by Crippen LogP contribution is 2.29. The number of benzene rings is 2. The van der Waals surface area contributed by atoms with E-state index in [0.29, 0.717) is 29.0 Å². The van der Waals surface area contributed by atoms with Crippen molar-refractivity contribution in [3.63, 3.8) is 0 Å². The number of allylic oxidation sites excluding steroid dienone is 1. The van der Waals surface area contributed by atoms with E-state index in [0.717, 1.165) is 16.7 Å². The minimum absolute atomic E-state index is 0.136. The van der Waals surface area contributed by atoms with Gasteiger partial charge in [0.25, 0.3) is 0 Å². The first-order valence-electron chi connectivity index (χ1n) is 9.27. The van der Waals surface area contributed by atoms with E-state index in [2.05, 4.69) is 22.1 Å². The molecule has 4 rings (SSSR count). The molecule has 7 nitrogen and oxygen atoms in total. The van der Waals surface area contributed by atoms with Crippen molar-refractivity contribution in [2.24, 2.45) is 0 Å². The molecule has 0 aliphatic carbocycles. The number of nitrogens with one attached hydrogen (secondary N) is 1. The van der Waals surface area contributed by atoms with Gasteiger partial charge in [-0.1, -0.05) is 36.0 Å². The molecule has 0 saturated heterocycles. The van der Waals surface area contributed by atoms with Gasteiger partial charge in [0.15, 0.2) is 10.9 Å². The molecule has 2 aromatic carbocycles. The maximum Gasteiger partial charge on any atom is 0.234 e. The molecule has 0 saturated carbocycles. The van der Waals surface area contributed by atoms with Crippen LogP contribution in [0.2, 0.25) is 0 Å². The number of carbonyl (C=O) groups is 1. The maximum absolute atomic E-state index is 12.3. The Hall–Kier alpha value is -3.52. The third-order valence-corrected chi connectivity index (χ3v) is 5.35. The Morgan fingerprint density at radius 1 is 1.23 bits per heavy atom. The number of ether oxygens (including phenoxy) is 1. The van der Waals surface area contributed by atoms with Crippen molar-refractivity contribution < 1.29 is 13.9 Å². The van der Waals surface area contributed by atoms with E-state index >= 15 is 0 Å². The summed E-state index contributed by atoms with van der Waals surface area (Å²) in [5.74, 6) is 2.02. The van der Waals surface area contributed by atoms with Gasteiger partial charge >= 0.3 is 0 Å². The number of hydrogen-bond donors (Lipinski definition) is 1. The fourth-order valence-corrected chi connectivity index (χ4v) is 3.71. The number of rotatable bonds is 8. The van der Waals surface area contributed by atoms with Crippen LogP contribution >= 0.6 is 11.8 Å². The highest BCUT2D eigenvalue weighted by molar-refractivity contribution is 7.99. The highest BCUT2D eigenvalue weighted by atomic mass is 32.2. The number of nitrogens with zero attached hydrogens (tertiary/aromatic N) is 3. The number of methoxy groups -OCH3 is 1. The van der Waals surface area contributed by atoms with E-state index in [1.807, 2.05) is 34.9 Å². The summed E-state index contributed by atoms with van der Waals surface area (Å²) in [5.41, 5.74) is 1.49. The minimum atomic E-state index is -0.136. The third kappa shape index (κ3) is 4.23. The van der Waals surface area contributed by atoms with E-state index in [-0.39, 0.29) is 11.7 Å². The molecule has 1 amide bonds. The van der Waals surface area contributed by atoms with Crippen molar-refractivity contribution in [1.82, 2.24) is 14.8 Å². The van der Waals surface area contributed by atoms with Crippen molar-refractivity contribution in [3.8, 4) is 17.3 Å². The Balaban J connectivity index is 1.48. The van der Waals surface area contributed by atoms with Gasteiger partial charge in [-0.25, -0.2) is 0 Å². The Bertz CT molecular complexity index is 1150. The Labute approximate surface area is 177 Å². The van der Waals surface area contributed by atoms with Crippen LogP contribution < -0.4 is 10.1 Å². The van der Waals surface area contributed by atoms with Gasteiger partial charge in [-0.2, -0.15) is 0 Å². The summed E-state index contributed by atoms with van der Waals surface area (Å²) < 4.78 is 12.9. The zero-order valence-electron chi connectivity index (χ0n) is 16.4. The number of fused-ring (bicyclic) bond motifs is 1. The zero-order valence-corrected chi connectivity index (χ0v) is 17.2. The molecule has 4 aromatic rings. The van der Waals surface area contributed by atoms with Crippen LogP contribution in [0.15, 0.2) is 76.8 Å². The summed E-state index contributed by atoms with van der Waals surface area (Å²) in [7, 11) is 1.60. The van der Waals surface area contributed by atoms with Crippen molar-refractivity contribution >= 4 is 34.3 Å². The zero-order chi connectivity index (χ0) is 20.9. The lowest BCUT2D eigenvalue weighted by molar-refractivity contribution is -0.113. The highest BCUT2D eigenvalue weighted by Gasteiger charge is 2.18. The number of anilines is 1. The van der Waals surface area contributed by atoms with Gasteiger partial charge in [0.2, 0.25) is 11.7 Å². The molecule has 0 fully saturated rings. The third-order valence-electron chi connectivity index (χ3n) is 4.38. The van der Waals surface area contributed by atoms with Crippen LogP contribution in [-0.4, -0.2) is 33.5 Å². The van der Waals surface area contributed by atoms with Gasteiger partial charge < -0.3 is 14.5 Å². The van der Waals surface area contributed by atoms with Crippen molar-refractivity contribution in [2.45, 2.75) is 11.7 Å². The molecule has 2 aromatic heterocycles. The number of aromatic nitrogens is 3. The molecule has 1 N–H and O–H groups in total. The molecule has 0 unspecified atom stereocenters. The molecule has 0 radical (unpaired) electrons. The molecular formula is C22H20N4O3S. The lowest BCUT2D eigenvalue weighted by Gasteiger charge is -2.07. The molecule has 152 valence electrons. The second kappa shape index (κ2) is 8.87. The predicted molar refractivity (Wildman–Crippen MR) is 118 cm³/mol. The number of hydrogen-bond acceptors (Lipinski definition) is 6. The standard InChI is InChI=1S/C22H20N4O3S/c1-3-12-26-21(19-13-15-6-4-5-7-18(15)29-19)24-25-22(26)30-14-20(27)23-16-8-10-17(28-2)11-9-16/h3-11,13H,1,12,14H2,2H3,(H,23,27). The monoisotopic (exact) mass is 420 g/mol. The second-order valence-electron chi connectivity index (χ2n) is 6.42. The summed E-state index contributed by atoms with van der Waals surface area (Å²) in [6, 6.07) is 16.9. The fraction of sp³-hybridized carbons (Fsp3) is 0.136. The number of furan rings is 1. The summed E-state index contributed by atoms with van der Waals surface area (Å²) in [4.78, 5) is 12.3. The average Bonchev–Trinajstić information content (AvgIpc) is 3.37. The Morgan fingerprint density at radius 2 is 2.03 bits per heavy atom. The van der Waals surface area contributed by atoms with Crippen LogP contribution in [0.25, 0.3) is 22.6 Å². The number of amides is 1. The van der Waals surface area contributed by atoms with Crippen LogP contribution in [0.3, 0.4) is 0 Å². The first-order valence-corrected chi connectivity index (χ1v) is 10.3. The minimum Gasteiger partial charge on any atom is -0.497 e. The largest absolute Gasteiger partial charge is 0.497 e. The number of carbonyl (C=O) groups excluding carboxylic acids is 1. The first-order chi connectivity index (χ1) is 14.7. The maximum atomic E-state index is 12.3. The molecule has 0 spiro atoms. The van der Waals surface area contributed by atoms with Gasteiger partial charge in [-0.3, -0.25) is 9.36 Å². The molecule has 0 atom stereocenters. The van der Waals surface area contributed by atoms with E-state index in [1.54, 1.807) is 37.5 Å². The summed E-state index contributed by atoms with van der Waals surface area (Å²) in [6.07, 6.45) is 1.76. The average molecular weight is 420 g/mol. The van der Waals surface area contributed by atoms with Crippen LogP contribution in [0, 0.1) is 0 Å². The van der Waals surface area contributed by atoms with Gasteiger partial charge in [0.05, 0.1) is 12.9 Å². The molecule has 0 aliphatic rings. The lowest BCUT2D eigenvalue weighted by atomic mass is 10.2. The number of para-hydroxylation sites is 1. The predicted octanol–water partition coefficient (Wildman–Crippen LogP) is 4.62. The Morgan fingerprint density at radius 3 is 2.77 bits per heavy atom. The van der Waals surface area contributed by atoms with Gasteiger partial charge in [-0.05, 0) is 36.4 Å². The van der Waals surface area contributed by atoms with Gasteiger partial charge in [0, 0.05) is 17.6 Å².